The Hall–Kier alpha value is -1.38. The molecule has 0 heterocycles. The first-order valence-electron chi connectivity index (χ1n) is 3.16. The van der Waals surface area contributed by atoms with Gasteiger partial charge < -0.3 is 4.74 Å². The molecule has 1 rings (SSSR count). The maximum Gasteiger partial charge on any atom is 0.119 e. The number of halogens is 1. The minimum atomic E-state index is 0.374. The summed E-state index contributed by atoms with van der Waals surface area (Å²) in [6, 6.07) is 4.88. The van der Waals surface area contributed by atoms with Gasteiger partial charge in [0.15, 0.2) is 0 Å². The van der Waals surface area contributed by atoms with Crippen LogP contribution in [0.2, 0.25) is 5.02 Å². The van der Waals surface area contributed by atoms with Gasteiger partial charge in [-0.05, 0) is 23.7 Å². The lowest BCUT2D eigenvalue weighted by atomic mass is 10.3. The lowest BCUT2D eigenvalue weighted by Crippen LogP contribution is -1.80. The molecule has 0 spiro atoms. The van der Waals surface area contributed by atoms with Crippen molar-refractivity contribution in [1.82, 2.24) is 0 Å². The van der Waals surface area contributed by atoms with Crippen molar-refractivity contribution in [3.8, 4) is 5.75 Å². The number of methoxy groups -OCH3 is 1. The van der Waals surface area contributed by atoms with E-state index in [2.05, 4.69) is 10.0 Å². The van der Waals surface area contributed by atoms with Gasteiger partial charge in [-0.25, -0.2) is 0 Å². The van der Waals surface area contributed by atoms with Crippen molar-refractivity contribution < 1.29 is 4.74 Å². The van der Waals surface area contributed by atoms with E-state index in [1.165, 1.54) is 7.11 Å². The molecule has 0 saturated heterocycles. The molecule has 0 bridgehead atoms. The zero-order chi connectivity index (χ0) is 8.97. The van der Waals surface area contributed by atoms with Crippen LogP contribution in [0.25, 0.3) is 10.4 Å². The molecule has 0 amide bonds. The van der Waals surface area contributed by atoms with Crippen LogP contribution in [-0.2, 0) is 0 Å². The van der Waals surface area contributed by atoms with Gasteiger partial charge in [-0.15, -0.1) is 0 Å². The van der Waals surface area contributed by atoms with Gasteiger partial charge in [-0.2, -0.15) is 0 Å². The molecule has 0 aliphatic carbocycles. The molecule has 0 aliphatic heterocycles. The Balaban J connectivity index is 3.16. The van der Waals surface area contributed by atoms with E-state index < -0.39 is 0 Å². The van der Waals surface area contributed by atoms with Crippen LogP contribution in [0, 0.1) is 0 Å². The highest BCUT2D eigenvalue weighted by Crippen LogP contribution is 2.28. The van der Waals surface area contributed by atoms with Gasteiger partial charge in [0.05, 0.1) is 17.8 Å². The third kappa shape index (κ3) is 1.81. The summed E-state index contributed by atoms with van der Waals surface area (Å²) in [6.45, 7) is 0. The van der Waals surface area contributed by atoms with Crippen LogP contribution in [-0.4, -0.2) is 7.11 Å². The van der Waals surface area contributed by atoms with Crippen LogP contribution in [0.3, 0.4) is 0 Å². The second kappa shape index (κ2) is 3.85. The second-order valence-electron chi connectivity index (χ2n) is 2.01. The third-order valence-corrected chi connectivity index (χ3v) is 1.63. The largest absolute Gasteiger partial charge is 0.497 e. The van der Waals surface area contributed by atoms with Gasteiger partial charge in [0.1, 0.15) is 5.75 Å². The lowest BCUT2D eigenvalue weighted by molar-refractivity contribution is 0.415. The highest BCUT2D eigenvalue weighted by molar-refractivity contribution is 6.33. The zero-order valence-electron chi connectivity index (χ0n) is 6.36. The first-order chi connectivity index (χ1) is 5.77. The summed E-state index contributed by atoms with van der Waals surface area (Å²) >= 11 is 5.71. The molecule has 0 N–H and O–H groups in total. The van der Waals surface area contributed by atoms with Crippen LogP contribution in [0.4, 0.5) is 5.69 Å². The molecule has 0 fully saturated rings. The van der Waals surface area contributed by atoms with Gasteiger partial charge >= 0.3 is 0 Å². The molecule has 5 heteroatoms. The molecule has 0 aromatic heterocycles. The van der Waals surface area contributed by atoms with E-state index in [-0.39, 0.29) is 0 Å². The summed E-state index contributed by atoms with van der Waals surface area (Å²) in [5.41, 5.74) is 8.54. The Kier molecular flexibility index (Phi) is 2.80. The summed E-state index contributed by atoms with van der Waals surface area (Å²) in [4.78, 5) is 2.63. The fourth-order valence-corrected chi connectivity index (χ4v) is 0.900. The van der Waals surface area contributed by atoms with Crippen molar-refractivity contribution in [3.63, 3.8) is 0 Å². The van der Waals surface area contributed by atoms with Crippen LogP contribution in [0.5, 0.6) is 5.75 Å². The predicted octanol–water partition coefficient (Wildman–Crippen LogP) is 3.29. The van der Waals surface area contributed by atoms with Crippen molar-refractivity contribution in [2.75, 3.05) is 7.11 Å². The number of azide groups is 1. The van der Waals surface area contributed by atoms with E-state index in [1.807, 2.05) is 0 Å². The Bertz CT molecular complexity index is 333. The molecule has 0 aliphatic rings. The van der Waals surface area contributed by atoms with Gasteiger partial charge in [-0.3, -0.25) is 0 Å². The van der Waals surface area contributed by atoms with Gasteiger partial charge in [-0.1, -0.05) is 16.7 Å². The molecule has 1 aromatic rings. The second-order valence-corrected chi connectivity index (χ2v) is 2.41. The first kappa shape index (κ1) is 8.71. The van der Waals surface area contributed by atoms with Crippen molar-refractivity contribution >= 4 is 17.3 Å². The summed E-state index contributed by atoms with van der Waals surface area (Å²) in [5.74, 6) is 0.613. The maximum absolute atomic E-state index is 8.17. The quantitative estimate of drug-likeness (QED) is 0.394. The fourth-order valence-electron chi connectivity index (χ4n) is 0.744. The minimum Gasteiger partial charge on any atom is -0.497 e. The number of nitrogens with zero attached hydrogens (tertiary/aromatic N) is 3. The molecule has 4 nitrogen and oxygen atoms in total. The van der Waals surface area contributed by atoms with Gasteiger partial charge in [0.2, 0.25) is 0 Å². The number of benzene rings is 1. The summed E-state index contributed by atoms with van der Waals surface area (Å²) < 4.78 is 4.91. The number of ether oxygens (including phenoxy) is 1. The zero-order valence-corrected chi connectivity index (χ0v) is 7.12. The number of hydrogen-bond donors (Lipinski definition) is 0. The molecule has 62 valence electrons. The molecule has 0 radical (unpaired) electrons. The van der Waals surface area contributed by atoms with E-state index in [4.69, 9.17) is 21.9 Å². The first-order valence-corrected chi connectivity index (χ1v) is 3.54. The predicted molar refractivity (Wildman–Crippen MR) is 46.8 cm³/mol. The standard InChI is InChI=1S/C7H6ClN3O/c1-12-5-2-3-6(8)7(4-5)10-11-9/h2-4H,1H3. The van der Waals surface area contributed by atoms with Crippen molar-refractivity contribution in [3.05, 3.63) is 33.7 Å². The Morgan fingerprint density at radius 1 is 1.58 bits per heavy atom. The van der Waals surface area contributed by atoms with Gasteiger partial charge in [0.25, 0.3) is 0 Å². The maximum atomic E-state index is 8.17. The van der Waals surface area contributed by atoms with Gasteiger partial charge in [0, 0.05) is 4.91 Å². The van der Waals surface area contributed by atoms with Crippen molar-refractivity contribution in [2.45, 2.75) is 0 Å². The van der Waals surface area contributed by atoms with E-state index in [0.717, 1.165) is 0 Å². The fraction of sp³-hybridized carbons (Fsp3) is 0.143. The molecule has 0 atom stereocenters. The average molecular weight is 184 g/mol. The summed E-state index contributed by atoms with van der Waals surface area (Å²) in [7, 11) is 1.53. The highest BCUT2D eigenvalue weighted by Gasteiger charge is 1.98. The summed E-state index contributed by atoms with van der Waals surface area (Å²) in [5, 5.41) is 3.79. The molecule has 0 saturated carbocycles. The Labute approximate surface area is 74.3 Å². The molecule has 0 unspecified atom stereocenters. The van der Waals surface area contributed by atoms with Crippen molar-refractivity contribution in [2.24, 2.45) is 5.11 Å². The topological polar surface area (TPSA) is 58.0 Å². The smallest absolute Gasteiger partial charge is 0.119 e. The van der Waals surface area contributed by atoms with E-state index in [9.17, 15) is 0 Å². The van der Waals surface area contributed by atoms with Crippen LogP contribution in [0.15, 0.2) is 23.3 Å². The van der Waals surface area contributed by atoms with Crippen LogP contribution >= 0.6 is 11.6 Å². The molecular formula is C7H6ClN3O. The normalized spacial score (nSPS) is 8.83. The van der Waals surface area contributed by atoms with E-state index >= 15 is 0 Å². The average Bonchev–Trinajstić information content (AvgIpc) is 2.09. The molecular weight excluding hydrogens is 178 g/mol. The monoisotopic (exact) mass is 183 g/mol. The third-order valence-electron chi connectivity index (χ3n) is 1.31. The lowest BCUT2D eigenvalue weighted by Gasteiger charge is -2.00. The SMILES string of the molecule is COc1ccc(Cl)c(N=[N+]=[N-])c1. The molecule has 1 aromatic carbocycles. The minimum absolute atomic E-state index is 0.374. The van der Waals surface area contributed by atoms with Crippen molar-refractivity contribution in [1.29, 1.82) is 0 Å². The van der Waals surface area contributed by atoms with E-state index in [0.29, 0.717) is 16.5 Å². The van der Waals surface area contributed by atoms with Crippen LogP contribution in [0.1, 0.15) is 0 Å². The molecule has 12 heavy (non-hydrogen) atoms. The van der Waals surface area contributed by atoms with E-state index in [1.54, 1.807) is 18.2 Å². The highest BCUT2D eigenvalue weighted by atomic mass is 35.5. The Morgan fingerprint density at radius 3 is 2.92 bits per heavy atom. The Morgan fingerprint density at radius 2 is 2.33 bits per heavy atom. The number of rotatable bonds is 2. The van der Waals surface area contributed by atoms with Crippen LogP contribution < -0.4 is 4.74 Å². The summed E-state index contributed by atoms with van der Waals surface area (Å²) in [6.07, 6.45) is 0. The number of hydrogen-bond acceptors (Lipinski definition) is 2.